The van der Waals surface area contributed by atoms with Gasteiger partial charge in [-0.05, 0) is 11.1 Å². The van der Waals surface area contributed by atoms with Gasteiger partial charge in [-0.2, -0.15) is 0 Å². The third-order valence-corrected chi connectivity index (χ3v) is 2.43. The maximum atomic E-state index is 11.6. The number of aliphatic hydroxyl groups excluding tert-OH is 1. The van der Waals surface area contributed by atoms with E-state index in [4.69, 9.17) is 15.6 Å². The molecule has 4 N–H and O–H groups in total. The van der Waals surface area contributed by atoms with E-state index in [0.717, 1.165) is 11.1 Å². The molecule has 0 aliphatic rings. The second-order valence-corrected chi connectivity index (χ2v) is 3.66. The number of ether oxygens (including phenoxy) is 1. The Morgan fingerprint density at radius 1 is 1.53 bits per heavy atom. The lowest BCUT2D eigenvalue weighted by atomic mass is 10.1. The second kappa shape index (κ2) is 7.01. The third-order valence-electron chi connectivity index (χ3n) is 2.43. The molecule has 0 aliphatic heterocycles. The van der Waals surface area contributed by atoms with Crippen molar-refractivity contribution in [3.63, 3.8) is 0 Å². The molecule has 0 fully saturated rings. The Morgan fingerprint density at radius 3 is 2.82 bits per heavy atom. The van der Waals surface area contributed by atoms with Gasteiger partial charge in [0.15, 0.2) is 0 Å². The third kappa shape index (κ3) is 4.14. The molecule has 0 aromatic heterocycles. The molecule has 1 aromatic rings. The number of hydrogen-bond acceptors (Lipinski definition) is 4. The minimum atomic E-state index is -0.615. The van der Waals surface area contributed by atoms with E-state index in [0.29, 0.717) is 6.54 Å². The van der Waals surface area contributed by atoms with E-state index in [1.54, 1.807) is 0 Å². The summed E-state index contributed by atoms with van der Waals surface area (Å²) in [5.74, 6) is -0.232. The monoisotopic (exact) mass is 238 g/mol. The van der Waals surface area contributed by atoms with Gasteiger partial charge in [0.05, 0.1) is 6.61 Å². The van der Waals surface area contributed by atoms with Gasteiger partial charge in [0.25, 0.3) is 5.91 Å². The standard InChI is InChI=1S/C12H18N2O3/c1-17-11(6-13)12(16)14-7-9-3-2-4-10(5-9)8-15/h2-5,11,15H,6-8,13H2,1H3,(H,14,16). The molecule has 0 radical (unpaired) electrons. The number of benzene rings is 1. The molecule has 17 heavy (non-hydrogen) atoms. The summed E-state index contributed by atoms with van der Waals surface area (Å²) in [6, 6.07) is 7.38. The quantitative estimate of drug-likeness (QED) is 0.639. The lowest BCUT2D eigenvalue weighted by molar-refractivity contribution is -0.130. The van der Waals surface area contributed by atoms with E-state index < -0.39 is 6.10 Å². The van der Waals surface area contributed by atoms with Gasteiger partial charge in [0.2, 0.25) is 0 Å². The van der Waals surface area contributed by atoms with Crippen molar-refractivity contribution in [3.8, 4) is 0 Å². The normalized spacial score (nSPS) is 12.2. The first-order chi connectivity index (χ1) is 8.21. The van der Waals surface area contributed by atoms with Crippen LogP contribution in [0.3, 0.4) is 0 Å². The summed E-state index contributed by atoms with van der Waals surface area (Å²) in [4.78, 5) is 11.6. The molecule has 94 valence electrons. The highest BCUT2D eigenvalue weighted by Crippen LogP contribution is 2.05. The highest BCUT2D eigenvalue weighted by Gasteiger charge is 2.14. The van der Waals surface area contributed by atoms with Crippen LogP contribution < -0.4 is 11.1 Å². The Hall–Kier alpha value is -1.43. The fraction of sp³-hybridized carbons (Fsp3) is 0.417. The predicted octanol–water partition coefficient (Wildman–Crippen LogP) is -0.231. The first-order valence-corrected chi connectivity index (χ1v) is 5.40. The van der Waals surface area contributed by atoms with Gasteiger partial charge in [0, 0.05) is 20.2 Å². The van der Waals surface area contributed by atoms with Crippen LogP contribution in [0, 0.1) is 0 Å². The Kier molecular flexibility index (Phi) is 5.62. The molecule has 0 saturated heterocycles. The zero-order valence-electron chi connectivity index (χ0n) is 9.85. The van der Waals surface area contributed by atoms with Crippen molar-refractivity contribution in [2.45, 2.75) is 19.3 Å². The molecular formula is C12H18N2O3. The fourth-order valence-electron chi connectivity index (χ4n) is 1.45. The number of carbonyl (C=O) groups excluding carboxylic acids is 1. The lowest BCUT2D eigenvalue weighted by Gasteiger charge is -2.13. The van der Waals surface area contributed by atoms with Gasteiger partial charge in [-0.1, -0.05) is 24.3 Å². The summed E-state index contributed by atoms with van der Waals surface area (Å²) in [7, 11) is 1.45. The molecular weight excluding hydrogens is 220 g/mol. The Labute approximate surface area is 101 Å². The van der Waals surface area contributed by atoms with Gasteiger partial charge in [-0.25, -0.2) is 0 Å². The Bertz CT molecular complexity index is 365. The van der Waals surface area contributed by atoms with Crippen LogP contribution in [0.1, 0.15) is 11.1 Å². The molecule has 0 heterocycles. The van der Waals surface area contributed by atoms with E-state index in [1.165, 1.54) is 7.11 Å². The topological polar surface area (TPSA) is 84.6 Å². The van der Waals surface area contributed by atoms with Crippen LogP contribution in [0.5, 0.6) is 0 Å². The molecule has 0 aliphatic carbocycles. The molecule has 1 unspecified atom stereocenters. The average Bonchev–Trinajstić information content (AvgIpc) is 2.38. The number of methoxy groups -OCH3 is 1. The van der Waals surface area contributed by atoms with Crippen molar-refractivity contribution in [1.82, 2.24) is 5.32 Å². The minimum Gasteiger partial charge on any atom is -0.392 e. The Morgan fingerprint density at radius 2 is 2.24 bits per heavy atom. The zero-order valence-corrected chi connectivity index (χ0v) is 9.85. The Balaban J connectivity index is 2.52. The van der Waals surface area contributed by atoms with Crippen molar-refractivity contribution in [2.24, 2.45) is 5.73 Å². The van der Waals surface area contributed by atoms with Crippen molar-refractivity contribution >= 4 is 5.91 Å². The van der Waals surface area contributed by atoms with Gasteiger partial charge in [0.1, 0.15) is 6.10 Å². The van der Waals surface area contributed by atoms with Crippen LogP contribution in [-0.2, 0) is 22.7 Å². The number of aliphatic hydroxyl groups is 1. The minimum absolute atomic E-state index is 0.00865. The predicted molar refractivity (Wildman–Crippen MR) is 64.1 cm³/mol. The van der Waals surface area contributed by atoms with E-state index >= 15 is 0 Å². The molecule has 0 spiro atoms. The summed E-state index contributed by atoms with van der Waals surface area (Å²) >= 11 is 0. The number of carbonyl (C=O) groups is 1. The van der Waals surface area contributed by atoms with E-state index in [2.05, 4.69) is 5.32 Å². The second-order valence-electron chi connectivity index (χ2n) is 3.66. The SMILES string of the molecule is COC(CN)C(=O)NCc1cccc(CO)c1. The molecule has 1 amide bonds. The summed E-state index contributed by atoms with van der Waals surface area (Å²) in [5.41, 5.74) is 7.13. The number of nitrogens with one attached hydrogen (secondary N) is 1. The van der Waals surface area contributed by atoms with Gasteiger partial charge in [-0.3, -0.25) is 4.79 Å². The number of amides is 1. The van der Waals surface area contributed by atoms with Gasteiger partial charge < -0.3 is 20.9 Å². The molecule has 0 bridgehead atoms. The maximum absolute atomic E-state index is 11.6. The zero-order chi connectivity index (χ0) is 12.7. The van der Waals surface area contributed by atoms with Crippen molar-refractivity contribution in [3.05, 3.63) is 35.4 Å². The number of hydrogen-bond donors (Lipinski definition) is 3. The first-order valence-electron chi connectivity index (χ1n) is 5.40. The molecule has 0 saturated carbocycles. The average molecular weight is 238 g/mol. The molecule has 5 nitrogen and oxygen atoms in total. The van der Waals surface area contributed by atoms with Crippen LogP contribution in [0.2, 0.25) is 0 Å². The molecule has 1 atom stereocenters. The molecule has 1 aromatic carbocycles. The van der Waals surface area contributed by atoms with Gasteiger partial charge >= 0.3 is 0 Å². The number of rotatable bonds is 6. The largest absolute Gasteiger partial charge is 0.392 e. The maximum Gasteiger partial charge on any atom is 0.250 e. The first kappa shape index (κ1) is 13.6. The van der Waals surface area contributed by atoms with E-state index in [9.17, 15) is 4.79 Å². The number of nitrogens with two attached hydrogens (primary N) is 1. The van der Waals surface area contributed by atoms with E-state index in [-0.39, 0.29) is 19.1 Å². The fourth-order valence-corrected chi connectivity index (χ4v) is 1.45. The van der Waals surface area contributed by atoms with Crippen LogP contribution in [0.25, 0.3) is 0 Å². The van der Waals surface area contributed by atoms with Gasteiger partial charge in [-0.15, -0.1) is 0 Å². The van der Waals surface area contributed by atoms with Crippen LogP contribution in [0.15, 0.2) is 24.3 Å². The smallest absolute Gasteiger partial charge is 0.250 e. The van der Waals surface area contributed by atoms with Crippen molar-refractivity contribution in [1.29, 1.82) is 0 Å². The van der Waals surface area contributed by atoms with Crippen LogP contribution >= 0.6 is 0 Å². The van der Waals surface area contributed by atoms with Crippen molar-refractivity contribution in [2.75, 3.05) is 13.7 Å². The van der Waals surface area contributed by atoms with Crippen molar-refractivity contribution < 1.29 is 14.6 Å². The molecule has 1 rings (SSSR count). The highest BCUT2D eigenvalue weighted by atomic mass is 16.5. The van der Waals surface area contributed by atoms with E-state index in [1.807, 2.05) is 24.3 Å². The summed E-state index contributed by atoms with van der Waals surface area (Å²) in [5, 5.41) is 11.7. The summed E-state index contributed by atoms with van der Waals surface area (Å²) in [6.07, 6.45) is -0.615. The highest BCUT2D eigenvalue weighted by molar-refractivity contribution is 5.80. The van der Waals surface area contributed by atoms with Crippen LogP contribution in [0.4, 0.5) is 0 Å². The molecule has 5 heteroatoms. The summed E-state index contributed by atoms with van der Waals surface area (Å²) in [6.45, 7) is 0.539. The lowest BCUT2D eigenvalue weighted by Crippen LogP contribution is -2.40. The van der Waals surface area contributed by atoms with Crippen LogP contribution in [-0.4, -0.2) is 30.8 Å². The summed E-state index contributed by atoms with van der Waals surface area (Å²) < 4.78 is 4.92.